The van der Waals surface area contributed by atoms with E-state index in [1.54, 1.807) is 17.3 Å². The van der Waals surface area contributed by atoms with Crippen molar-refractivity contribution < 1.29 is 14.6 Å². The number of pyridine rings is 1. The summed E-state index contributed by atoms with van der Waals surface area (Å²) in [5.74, 6) is 0. The van der Waals surface area contributed by atoms with E-state index >= 15 is 0 Å². The van der Waals surface area contributed by atoms with Gasteiger partial charge in [0.2, 0.25) is 0 Å². The largest absolute Gasteiger partial charge is 0.445 e. The van der Waals surface area contributed by atoms with Crippen LogP contribution in [-0.4, -0.2) is 34.2 Å². The fourth-order valence-corrected chi connectivity index (χ4v) is 2.02. The van der Waals surface area contributed by atoms with Crippen molar-refractivity contribution in [3.8, 4) is 0 Å². The van der Waals surface area contributed by atoms with Gasteiger partial charge in [0.25, 0.3) is 0 Å². The first kappa shape index (κ1) is 16.0. The Kier molecular flexibility index (Phi) is 6.39. The van der Waals surface area contributed by atoms with E-state index in [-0.39, 0.29) is 19.3 Å². The molecule has 0 aliphatic rings. The van der Waals surface area contributed by atoms with Crippen molar-refractivity contribution in [3.05, 3.63) is 66.0 Å². The number of ether oxygens (including phenoxy) is 1. The van der Waals surface area contributed by atoms with Crippen LogP contribution in [0.5, 0.6) is 0 Å². The van der Waals surface area contributed by atoms with Gasteiger partial charge in [-0.3, -0.25) is 4.98 Å². The first-order valence-electron chi connectivity index (χ1n) is 7.25. The molecule has 1 N–H and O–H groups in total. The number of carbonyl (C=O) groups is 1. The number of rotatable bonds is 7. The van der Waals surface area contributed by atoms with Gasteiger partial charge in [-0.25, -0.2) is 4.79 Å². The summed E-state index contributed by atoms with van der Waals surface area (Å²) in [6.07, 6.45) is 3.54. The highest BCUT2D eigenvalue weighted by Gasteiger charge is 2.15. The van der Waals surface area contributed by atoms with E-state index in [2.05, 4.69) is 4.98 Å². The van der Waals surface area contributed by atoms with Crippen molar-refractivity contribution in [2.75, 3.05) is 13.2 Å². The van der Waals surface area contributed by atoms with Crippen LogP contribution in [0.4, 0.5) is 4.79 Å². The van der Waals surface area contributed by atoms with Crippen molar-refractivity contribution in [3.63, 3.8) is 0 Å². The average molecular weight is 300 g/mol. The Morgan fingerprint density at radius 1 is 1.14 bits per heavy atom. The zero-order chi connectivity index (χ0) is 15.6. The minimum atomic E-state index is -0.388. The van der Waals surface area contributed by atoms with E-state index in [9.17, 15) is 4.79 Å². The molecule has 22 heavy (non-hydrogen) atoms. The Bertz CT molecular complexity index is 561. The van der Waals surface area contributed by atoms with Gasteiger partial charge < -0.3 is 14.7 Å². The van der Waals surface area contributed by atoms with Crippen molar-refractivity contribution in [2.45, 2.75) is 19.6 Å². The summed E-state index contributed by atoms with van der Waals surface area (Å²) in [7, 11) is 0. The van der Waals surface area contributed by atoms with Gasteiger partial charge in [0.15, 0.2) is 0 Å². The summed E-state index contributed by atoms with van der Waals surface area (Å²) >= 11 is 0. The van der Waals surface area contributed by atoms with Crippen molar-refractivity contribution >= 4 is 6.09 Å². The van der Waals surface area contributed by atoms with Gasteiger partial charge >= 0.3 is 6.09 Å². The molecule has 0 aliphatic carbocycles. The zero-order valence-electron chi connectivity index (χ0n) is 12.4. The molecule has 1 aromatic carbocycles. The molecule has 0 radical (unpaired) electrons. The number of aromatic nitrogens is 1. The lowest BCUT2D eigenvalue weighted by Crippen LogP contribution is -2.32. The van der Waals surface area contributed by atoms with Gasteiger partial charge in [0.05, 0.1) is 6.54 Å². The number of aliphatic hydroxyl groups is 1. The van der Waals surface area contributed by atoms with Crippen molar-refractivity contribution in [2.24, 2.45) is 0 Å². The molecule has 0 spiro atoms. The lowest BCUT2D eigenvalue weighted by Gasteiger charge is -2.21. The maximum atomic E-state index is 12.2. The van der Waals surface area contributed by atoms with Crippen LogP contribution in [0, 0.1) is 0 Å². The molecule has 2 aromatic rings. The van der Waals surface area contributed by atoms with Gasteiger partial charge in [0, 0.05) is 25.5 Å². The Hall–Kier alpha value is -2.40. The lowest BCUT2D eigenvalue weighted by molar-refractivity contribution is 0.0909. The standard InChI is InChI=1S/C17H20N2O3/c20-11-5-10-19(13-16-8-4-9-18-12-16)17(21)22-14-15-6-2-1-3-7-15/h1-4,6-9,12,20H,5,10-11,13-14H2. The SMILES string of the molecule is O=C(OCc1ccccc1)N(CCCO)Cc1cccnc1. The van der Waals surface area contributed by atoms with Crippen molar-refractivity contribution in [1.29, 1.82) is 0 Å². The Morgan fingerprint density at radius 3 is 2.59 bits per heavy atom. The molecule has 116 valence electrons. The first-order valence-corrected chi connectivity index (χ1v) is 7.25. The molecule has 1 heterocycles. The molecule has 0 unspecified atom stereocenters. The van der Waals surface area contributed by atoms with Gasteiger partial charge in [0.1, 0.15) is 6.61 Å². The third kappa shape index (κ3) is 5.18. The molecule has 2 rings (SSSR count). The highest BCUT2D eigenvalue weighted by molar-refractivity contribution is 5.67. The van der Waals surface area contributed by atoms with Crippen LogP contribution in [0.3, 0.4) is 0 Å². The van der Waals surface area contributed by atoms with Crippen LogP contribution in [0.25, 0.3) is 0 Å². The first-order chi connectivity index (χ1) is 10.8. The third-order valence-corrected chi connectivity index (χ3v) is 3.15. The fourth-order valence-electron chi connectivity index (χ4n) is 2.02. The number of aliphatic hydroxyl groups excluding tert-OH is 1. The van der Waals surface area contributed by atoms with E-state index in [1.807, 2.05) is 42.5 Å². The summed E-state index contributed by atoms with van der Waals surface area (Å²) in [6.45, 7) is 1.14. The molecule has 0 atom stereocenters. The molecule has 0 aliphatic heterocycles. The van der Waals surface area contributed by atoms with Crippen LogP contribution in [0.1, 0.15) is 17.5 Å². The molecular weight excluding hydrogens is 280 g/mol. The highest BCUT2D eigenvalue weighted by Crippen LogP contribution is 2.08. The van der Waals surface area contributed by atoms with Gasteiger partial charge in [-0.05, 0) is 23.6 Å². The lowest BCUT2D eigenvalue weighted by atomic mass is 10.2. The Labute approximate surface area is 130 Å². The maximum absolute atomic E-state index is 12.2. The van der Waals surface area contributed by atoms with Gasteiger partial charge in [-0.2, -0.15) is 0 Å². The number of hydrogen-bond donors (Lipinski definition) is 1. The number of benzene rings is 1. The molecule has 5 heteroatoms. The van der Waals surface area contributed by atoms with E-state index in [4.69, 9.17) is 9.84 Å². The van der Waals surface area contributed by atoms with Crippen LogP contribution in [0.2, 0.25) is 0 Å². The topological polar surface area (TPSA) is 62.7 Å². The number of amides is 1. The molecule has 1 amide bonds. The minimum Gasteiger partial charge on any atom is -0.445 e. The zero-order valence-corrected chi connectivity index (χ0v) is 12.4. The molecule has 1 aromatic heterocycles. The van der Waals surface area contributed by atoms with Gasteiger partial charge in [-0.15, -0.1) is 0 Å². The van der Waals surface area contributed by atoms with Crippen LogP contribution in [-0.2, 0) is 17.9 Å². The van der Waals surface area contributed by atoms with E-state index < -0.39 is 0 Å². The van der Waals surface area contributed by atoms with E-state index in [0.717, 1.165) is 11.1 Å². The van der Waals surface area contributed by atoms with E-state index in [1.165, 1.54) is 0 Å². The summed E-state index contributed by atoms with van der Waals surface area (Å²) in [5, 5.41) is 8.98. The normalized spacial score (nSPS) is 10.2. The summed E-state index contributed by atoms with van der Waals surface area (Å²) in [5.41, 5.74) is 1.87. The highest BCUT2D eigenvalue weighted by atomic mass is 16.6. The second-order valence-corrected chi connectivity index (χ2v) is 4.90. The molecular formula is C17H20N2O3. The van der Waals surface area contributed by atoms with E-state index in [0.29, 0.717) is 19.5 Å². The summed E-state index contributed by atoms with van der Waals surface area (Å²) < 4.78 is 5.34. The Morgan fingerprint density at radius 2 is 1.91 bits per heavy atom. The molecule has 0 saturated heterocycles. The predicted molar refractivity (Wildman–Crippen MR) is 83.0 cm³/mol. The van der Waals surface area contributed by atoms with Crippen LogP contribution < -0.4 is 0 Å². The molecule has 0 saturated carbocycles. The second kappa shape index (κ2) is 8.79. The third-order valence-electron chi connectivity index (χ3n) is 3.15. The maximum Gasteiger partial charge on any atom is 0.410 e. The summed E-state index contributed by atoms with van der Waals surface area (Å²) in [4.78, 5) is 17.9. The monoisotopic (exact) mass is 300 g/mol. The predicted octanol–water partition coefficient (Wildman–Crippen LogP) is 2.60. The minimum absolute atomic E-state index is 0.0372. The Balaban J connectivity index is 1.93. The molecule has 0 fully saturated rings. The summed E-state index contributed by atoms with van der Waals surface area (Å²) in [6, 6.07) is 13.3. The molecule has 5 nitrogen and oxygen atoms in total. The average Bonchev–Trinajstić information content (AvgIpc) is 2.58. The number of hydrogen-bond acceptors (Lipinski definition) is 4. The fraction of sp³-hybridized carbons (Fsp3) is 0.294. The van der Waals surface area contributed by atoms with Crippen LogP contribution >= 0.6 is 0 Å². The van der Waals surface area contributed by atoms with Crippen LogP contribution in [0.15, 0.2) is 54.9 Å². The van der Waals surface area contributed by atoms with Gasteiger partial charge in [-0.1, -0.05) is 36.4 Å². The number of carbonyl (C=O) groups excluding carboxylic acids is 1. The van der Waals surface area contributed by atoms with Crippen molar-refractivity contribution in [1.82, 2.24) is 9.88 Å². The number of nitrogens with zero attached hydrogens (tertiary/aromatic N) is 2. The quantitative estimate of drug-likeness (QED) is 0.853. The molecule has 0 bridgehead atoms. The smallest absolute Gasteiger partial charge is 0.410 e. The second-order valence-electron chi connectivity index (χ2n) is 4.90.